The molecule has 198 valence electrons. The minimum absolute atomic E-state index is 0. The van der Waals surface area contributed by atoms with Crippen molar-refractivity contribution in [1.82, 2.24) is 24.1 Å². The zero-order valence-corrected chi connectivity index (χ0v) is 24.9. The second-order valence-electron chi connectivity index (χ2n) is 9.71. The topological polar surface area (TPSA) is 48.5 Å². The molecule has 0 spiro atoms. The zero-order valence-electron chi connectivity index (χ0n) is 21.9. The summed E-state index contributed by atoms with van der Waals surface area (Å²) in [6.07, 6.45) is 5.62. The van der Waals surface area contributed by atoms with E-state index in [0.29, 0.717) is 0 Å². The predicted octanol–water partition coefficient (Wildman–Crippen LogP) is 8.12. The van der Waals surface area contributed by atoms with E-state index in [1.54, 1.807) is 11.3 Å². The van der Waals surface area contributed by atoms with Gasteiger partial charge in [-0.05, 0) is 52.6 Å². The van der Waals surface area contributed by atoms with Crippen LogP contribution in [0.25, 0.3) is 70.9 Å². The summed E-state index contributed by atoms with van der Waals surface area (Å²) < 4.78 is 5.46. The fourth-order valence-corrected chi connectivity index (χ4v) is 6.29. The molecule has 8 rings (SSSR count). The minimum Gasteiger partial charge on any atom is -0.346 e. The first-order valence-corrected chi connectivity index (χ1v) is 13.8. The summed E-state index contributed by atoms with van der Waals surface area (Å²) in [6, 6.07) is 38.6. The Morgan fingerprint density at radius 1 is 0.756 bits per heavy atom. The van der Waals surface area contributed by atoms with Crippen LogP contribution < -0.4 is 0 Å². The summed E-state index contributed by atoms with van der Waals surface area (Å²) >= 11 is 1.69. The number of hydrogen-bond donors (Lipinski definition) is 0. The third-order valence-corrected chi connectivity index (χ3v) is 8.31. The second-order valence-corrected chi connectivity index (χ2v) is 10.7. The number of nitrogens with zero attached hydrogens (tertiary/aromatic N) is 5. The molecule has 0 atom stereocenters. The number of aryl methyl sites for hydroxylation is 1. The van der Waals surface area contributed by atoms with E-state index in [1.807, 2.05) is 54.5 Å². The molecule has 4 heterocycles. The number of thiazole rings is 1. The van der Waals surface area contributed by atoms with Crippen LogP contribution in [0.4, 0.5) is 0 Å². The molecular weight excluding hydrogens is 706 g/mol. The van der Waals surface area contributed by atoms with Gasteiger partial charge in [-0.1, -0.05) is 35.7 Å². The SMILES string of the molecule is Cn1ccnc1-c1ccc2c(c1)c1ccc(-c3nc4ccccc4s3)[c-]c1n2-c1[c-]c(-c2ccccn2)ccc1.[Pt+2]. The van der Waals surface area contributed by atoms with Crippen molar-refractivity contribution in [2.75, 3.05) is 0 Å². The van der Waals surface area contributed by atoms with Crippen molar-refractivity contribution < 1.29 is 21.1 Å². The Morgan fingerprint density at radius 3 is 2.49 bits per heavy atom. The number of pyridine rings is 1. The van der Waals surface area contributed by atoms with Crippen LogP contribution in [0.1, 0.15) is 0 Å². The maximum absolute atomic E-state index is 4.91. The third kappa shape index (κ3) is 4.31. The van der Waals surface area contributed by atoms with E-state index >= 15 is 0 Å². The standard InChI is InChI=1S/C34H21N5S.Pt/c1-38-18-17-36-33(38)23-13-15-30-27(20-23)26-14-12-24(34-37-29-10-2-3-11-32(29)40-34)21-31(26)39(30)25-8-6-7-22(19-25)28-9-4-5-16-35-28;/h2-18,20H,1H3;/q-2;+2. The molecular formula is C34H21N5PtS. The summed E-state index contributed by atoms with van der Waals surface area (Å²) in [5, 5.41) is 3.21. The van der Waals surface area contributed by atoms with E-state index in [9.17, 15) is 0 Å². The Morgan fingerprint density at radius 2 is 1.66 bits per heavy atom. The van der Waals surface area contributed by atoms with Gasteiger partial charge in [-0.2, -0.15) is 11.3 Å². The van der Waals surface area contributed by atoms with Crippen molar-refractivity contribution in [3.05, 3.63) is 122 Å². The fourth-order valence-electron chi connectivity index (χ4n) is 5.35. The van der Waals surface area contributed by atoms with Crippen molar-refractivity contribution in [3.8, 4) is 38.9 Å². The fraction of sp³-hybridized carbons (Fsp3) is 0.0294. The first-order valence-electron chi connectivity index (χ1n) is 13.0. The summed E-state index contributed by atoms with van der Waals surface area (Å²) in [7, 11) is 2.02. The van der Waals surface area contributed by atoms with Gasteiger partial charge in [0, 0.05) is 46.4 Å². The Hall–Kier alpha value is -4.38. The summed E-state index contributed by atoms with van der Waals surface area (Å²) in [5.41, 5.74) is 7.89. The van der Waals surface area contributed by atoms with E-state index in [4.69, 9.17) is 4.98 Å². The Balaban J connectivity index is 0.00000276. The molecule has 0 saturated heterocycles. The molecule has 4 aromatic carbocycles. The Labute approximate surface area is 255 Å². The molecule has 0 amide bonds. The van der Waals surface area contributed by atoms with Crippen molar-refractivity contribution in [2.24, 2.45) is 7.05 Å². The molecule has 0 radical (unpaired) electrons. The molecule has 0 aliphatic carbocycles. The normalized spacial score (nSPS) is 11.3. The van der Waals surface area contributed by atoms with Crippen molar-refractivity contribution >= 4 is 43.4 Å². The maximum atomic E-state index is 4.91. The Kier molecular flexibility index (Phi) is 6.38. The zero-order chi connectivity index (χ0) is 26.6. The van der Waals surface area contributed by atoms with Crippen LogP contribution in [-0.2, 0) is 28.1 Å². The number of hydrogen-bond acceptors (Lipinski definition) is 4. The molecule has 0 aliphatic heterocycles. The quantitative estimate of drug-likeness (QED) is 0.172. The summed E-state index contributed by atoms with van der Waals surface area (Å²) in [4.78, 5) is 14.0. The third-order valence-electron chi connectivity index (χ3n) is 7.24. The van der Waals surface area contributed by atoms with Gasteiger partial charge in [-0.25, -0.2) is 4.98 Å². The van der Waals surface area contributed by atoms with Crippen LogP contribution in [0, 0.1) is 12.1 Å². The van der Waals surface area contributed by atoms with Gasteiger partial charge in [0.25, 0.3) is 0 Å². The van der Waals surface area contributed by atoms with E-state index in [2.05, 4.69) is 93.4 Å². The number of imidazole rings is 1. The molecule has 0 aliphatic rings. The van der Waals surface area contributed by atoms with Crippen LogP contribution in [0.15, 0.2) is 110 Å². The van der Waals surface area contributed by atoms with Gasteiger partial charge < -0.3 is 14.1 Å². The van der Waals surface area contributed by atoms with Gasteiger partial charge in [0.1, 0.15) is 5.82 Å². The van der Waals surface area contributed by atoms with Crippen LogP contribution in [0.2, 0.25) is 0 Å². The molecule has 7 heteroatoms. The van der Waals surface area contributed by atoms with Crippen LogP contribution in [0.5, 0.6) is 0 Å². The van der Waals surface area contributed by atoms with E-state index in [-0.39, 0.29) is 21.1 Å². The van der Waals surface area contributed by atoms with Crippen LogP contribution >= 0.6 is 11.3 Å². The average molecular weight is 727 g/mol. The maximum Gasteiger partial charge on any atom is 2.00 e. The van der Waals surface area contributed by atoms with Gasteiger partial charge >= 0.3 is 21.1 Å². The predicted molar refractivity (Wildman–Crippen MR) is 162 cm³/mol. The van der Waals surface area contributed by atoms with Gasteiger partial charge in [-0.3, -0.25) is 4.98 Å². The monoisotopic (exact) mass is 726 g/mol. The molecule has 0 N–H and O–H groups in total. The second kappa shape index (κ2) is 10.2. The van der Waals surface area contributed by atoms with E-state index in [0.717, 1.165) is 66.2 Å². The summed E-state index contributed by atoms with van der Waals surface area (Å²) in [6.45, 7) is 0. The van der Waals surface area contributed by atoms with Gasteiger partial charge in [0.15, 0.2) is 0 Å². The minimum atomic E-state index is 0. The molecule has 0 fully saturated rings. The van der Waals surface area contributed by atoms with Gasteiger partial charge in [-0.15, -0.1) is 53.6 Å². The number of benzene rings is 4. The molecule has 4 aromatic heterocycles. The number of rotatable bonds is 4. The first-order chi connectivity index (χ1) is 19.7. The number of para-hydroxylation sites is 1. The molecule has 8 aromatic rings. The smallest absolute Gasteiger partial charge is 0.346 e. The van der Waals surface area contributed by atoms with E-state index < -0.39 is 0 Å². The number of fused-ring (bicyclic) bond motifs is 4. The first kappa shape index (κ1) is 25.6. The van der Waals surface area contributed by atoms with Crippen molar-refractivity contribution in [3.63, 3.8) is 0 Å². The summed E-state index contributed by atoms with van der Waals surface area (Å²) in [5.74, 6) is 0.932. The molecule has 0 bridgehead atoms. The molecule has 0 saturated carbocycles. The van der Waals surface area contributed by atoms with Crippen LogP contribution in [0.3, 0.4) is 0 Å². The molecule has 0 unspecified atom stereocenters. The van der Waals surface area contributed by atoms with Gasteiger partial charge in [0.05, 0.1) is 5.52 Å². The van der Waals surface area contributed by atoms with Crippen molar-refractivity contribution in [1.29, 1.82) is 0 Å². The Bertz CT molecular complexity index is 2160. The van der Waals surface area contributed by atoms with E-state index in [1.165, 1.54) is 4.70 Å². The molecule has 41 heavy (non-hydrogen) atoms. The van der Waals surface area contributed by atoms with Crippen LogP contribution in [-0.4, -0.2) is 24.1 Å². The van der Waals surface area contributed by atoms with Gasteiger partial charge in [0.2, 0.25) is 0 Å². The molecule has 5 nitrogen and oxygen atoms in total. The average Bonchev–Trinajstić information content (AvgIpc) is 3.72. The largest absolute Gasteiger partial charge is 2.00 e. The number of aromatic nitrogens is 5. The van der Waals surface area contributed by atoms with Crippen molar-refractivity contribution in [2.45, 2.75) is 0 Å².